The maximum atomic E-state index is 14.0. The summed E-state index contributed by atoms with van der Waals surface area (Å²) < 4.78 is 25.9. The van der Waals surface area contributed by atoms with E-state index < -0.39 is 7.60 Å². The summed E-state index contributed by atoms with van der Waals surface area (Å²) in [5.41, 5.74) is 1.65. The highest BCUT2D eigenvalue weighted by Gasteiger charge is 2.45. The van der Waals surface area contributed by atoms with Gasteiger partial charge in [-0.15, -0.1) is 0 Å². The van der Waals surface area contributed by atoms with Crippen LogP contribution in [0.1, 0.15) is 90.5 Å². The van der Waals surface area contributed by atoms with Crippen LogP contribution in [0.25, 0.3) is 11.0 Å². The minimum atomic E-state index is -3.20. The number of piperidine rings is 2. The molecule has 4 fully saturated rings. The van der Waals surface area contributed by atoms with Gasteiger partial charge in [-0.2, -0.15) is 0 Å². The molecule has 2 saturated carbocycles. The van der Waals surface area contributed by atoms with Crippen molar-refractivity contribution in [1.29, 1.82) is 0 Å². The molecule has 2 saturated heterocycles. The normalized spacial score (nSPS) is 30.9. The van der Waals surface area contributed by atoms with E-state index in [9.17, 15) is 9.36 Å². The zero-order valence-corrected chi connectivity index (χ0v) is 25.2. The van der Waals surface area contributed by atoms with Crippen LogP contribution in [0.2, 0.25) is 0 Å². The van der Waals surface area contributed by atoms with Crippen molar-refractivity contribution in [1.82, 2.24) is 14.5 Å². The van der Waals surface area contributed by atoms with E-state index in [1.165, 1.54) is 57.8 Å². The third-order valence-corrected chi connectivity index (χ3v) is 12.1. The first kappa shape index (κ1) is 28.4. The lowest BCUT2D eigenvalue weighted by Gasteiger charge is -2.55. The molecule has 220 valence electrons. The number of fused-ring (bicyclic) bond motifs is 5. The molecular formula is C31H47N4O4P. The molecule has 2 aliphatic heterocycles. The molecule has 4 aliphatic rings. The molecule has 6 rings (SSSR count). The summed E-state index contributed by atoms with van der Waals surface area (Å²) in [4.78, 5) is 21.7. The molecule has 6 atom stereocenters. The van der Waals surface area contributed by atoms with Crippen molar-refractivity contribution in [2.75, 3.05) is 31.2 Å². The number of anilines is 1. The average Bonchev–Trinajstić information content (AvgIpc) is 2.93. The van der Waals surface area contributed by atoms with E-state index in [0.29, 0.717) is 37.7 Å². The van der Waals surface area contributed by atoms with Gasteiger partial charge in [0.1, 0.15) is 0 Å². The van der Waals surface area contributed by atoms with Crippen LogP contribution in [0, 0.1) is 11.8 Å². The predicted molar refractivity (Wildman–Crippen MR) is 160 cm³/mol. The van der Waals surface area contributed by atoms with Gasteiger partial charge < -0.3 is 18.9 Å². The monoisotopic (exact) mass is 570 g/mol. The largest absolute Gasteiger partial charge is 0.365 e. The Morgan fingerprint density at radius 1 is 0.875 bits per heavy atom. The van der Waals surface area contributed by atoms with Gasteiger partial charge in [0.25, 0.3) is 5.56 Å². The van der Waals surface area contributed by atoms with Crippen molar-refractivity contribution in [2.45, 2.75) is 109 Å². The molecule has 8 nitrogen and oxygen atoms in total. The van der Waals surface area contributed by atoms with Gasteiger partial charge in [0.15, 0.2) is 5.82 Å². The van der Waals surface area contributed by atoms with Gasteiger partial charge in [-0.05, 0) is 82.8 Å². The van der Waals surface area contributed by atoms with E-state index in [1.54, 1.807) is 0 Å². The lowest BCUT2D eigenvalue weighted by molar-refractivity contribution is -0.0485. The third-order valence-electron chi connectivity index (χ3n) is 10.0. The van der Waals surface area contributed by atoms with Gasteiger partial charge in [-0.1, -0.05) is 37.8 Å². The number of hydrogen-bond donors (Lipinski definition) is 1. The van der Waals surface area contributed by atoms with Crippen LogP contribution in [0.3, 0.4) is 0 Å². The number of hydrogen-bond acceptors (Lipinski definition) is 7. The summed E-state index contributed by atoms with van der Waals surface area (Å²) in [5.74, 6) is 2.18. The molecule has 4 bridgehead atoms. The predicted octanol–water partition coefficient (Wildman–Crippen LogP) is 6.60. The van der Waals surface area contributed by atoms with Crippen LogP contribution in [0.5, 0.6) is 0 Å². The molecule has 2 aromatic rings. The van der Waals surface area contributed by atoms with Gasteiger partial charge in [-0.3, -0.25) is 14.3 Å². The Balaban J connectivity index is 1.24. The van der Waals surface area contributed by atoms with Crippen LogP contribution >= 0.6 is 7.60 Å². The fourth-order valence-corrected chi connectivity index (χ4v) is 10.1. The maximum Gasteiger partial charge on any atom is 0.332 e. The number of rotatable bonds is 10. The molecule has 9 heteroatoms. The Morgan fingerprint density at radius 3 is 2.20 bits per heavy atom. The zero-order chi connectivity index (χ0) is 27.7. The van der Waals surface area contributed by atoms with Gasteiger partial charge in [0, 0.05) is 30.7 Å². The highest BCUT2D eigenvalue weighted by atomic mass is 31.2. The molecule has 3 heterocycles. The van der Waals surface area contributed by atoms with Crippen LogP contribution in [-0.4, -0.2) is 58.5 Å². The van der Waals surface area contributed by atoms with Crippen LogP contribution in [0.4, 0.5) is 5.82 Å². The van der Waals surface area contributed by atoms with Gasteiger partial charge in [-0.25, -0.2) is 4.98 Å². The molecule has 0 unspecified atom stereocenters. The Morgan fingerprint density at radius 2 is 1.52 bits per heavy atom. The Kier molecular flexibility index (Phi) is 8.69. The Hall–Kier alpha value is -1.73. The molecule has 2 aliphatic carbocycles. The van der Waals surface area contributed by atoms with E-state index in [4.69, 9.17) is 14.0 Å². The zero-order valence-electron chi connectivity index (χ0n) is 24.3. The van der Waals surface area contributed by atoms with Crippen molar-refractivity contribution in [3.63, 3.8) is 0 Å². The highest BCUT2D eigenvalue weighted by molar-refractivity contribution is 7.53. The Labute approximate surface area is 238 Å². The van der Waals surface area contributed by atoms with Crippen molar-refractivity contribution in [3.8, 4) is 0 Å². The van der Waals surface area contributed by atoms with Crippen molar-refractivity contribution < 1.29 is 13.6 Å². The molecule has 1 N–H and O–H groups in total. The van der Waals surface area contributed by atoms with Gasteiger partial charge >= 0.3 is 7.60 Å². The molecule has 40 heavy (non-hydrogen) atoms. The second kappa shape index (κ2) is 12.2. The minimum absolute atomic E-state index is 0.0786. The van der Waals surface area contributed by atoms with E-state index in [-0.39, 0.29) is 17.8 Å². The molecule has 0 spiro atoms. The highest BCUT2D eigenvalue weighted by Crippen LogP contribution is 2.48. The SMILES string of the molecule is CCOP(=O)(CCNc1nc2ccccc2n([C@H]2C[C@H]3CCC[C@@H](C2)N3[C@H]2C[C@@H]3CCC[C@@H](C3)C2)c1=O)OCC. The standard InChI is InChI=1S/C31H47N4O4P/c1-3-38-40(37,39-4-2)16-15-32-30-31(36)35(29-14-6-5-13-28(29)33-30)27-20-24-11-8-12-25(21-27)34(24)26-18-22-9-7-10-23(17-22)19-26/h5-6,13-14,22-27H,3-4,7-12,15-21H2,1-2H3,(H,32,33)/t22-,23+,24-,25+,26+,27+. The second-order valence-corrected chi connectivity index (χ2v) is 14.7. The van der Waals surface area contributed by atoms with E-state index in [1.807, 2.05) is 42.7 Å². The Bertz CT molecular complexity index is 1250. The summed E-state index contributed by atoms with van der Waals surface area (Å²) in [6.07, 6.45) is 14.5. The van der Waals surface area contributed by atoms with Crippen molar-refractivity contribution >= 4 is 24.4 Å². The molecular weight excluding hydrogens is 523 g/mol. The number of nitrogens with zero attached hydrogens (tertiary/aromatic N) is 3. The first-order chi connectivity index (χ1) is 19.5. The second-order valence-electron chi connectivity index (χ2n) is 12.6. The number of nitrogens with one attached hydrogen (secondary N) is 1. The molecule has 1 aromatic heterocycles. The van der Waals surface area contributed by atoms with E-state index in [2.05, 4.69) is 10.2 Å². The number of benzene rings is 1. The van der Waals surface area contributed by atoms with Crippen molar-refractivity contribution in [3.05, 3.63) is 34.6 Å². The van der Waals surface area contributed by atoms with Crippen LogP contribution < -0.4 is 10.9 Å². The third kappa shape index (κ3) is 5.79. The fourth-order valence-electron chi connectivity index (χ4n) is 8.64. The molecule has 0 amide bonds. The number of aromatic nitrogens is 2. The summed E-state index contributed by atoms with van der Waals surface area (Å²) in [6.45, 7) is 4.56. The average molecular weight is 571 g/mol. The minimum Gasteiger partial charge on any atom is -0.365 e. The summed E-state index contributed by atoms with van der Waals surface area (Å²) in [7, 11) is -3.20. The first-order valence-corrected chi connectivity index (χ1v) is 17.6. The smallest absolute Gasteiger partial charge is 0.332 e. The van der Waals surface area contributed by atoms with E-state index >= 15 is 0 Å². The first-order valence-electron chi connectivity index (χ1n) is 15.9. The fraction of sp³-hybridized carbons (Fsp3) is 0.742. The lowest BCUT2D eigenvalue weighted by atomic mass is 9.68. The molecule has 0 radical (unpaired) electrons. The summed E-state index contributed by atoms with van der Waals surface area (Å²) >= 11 is 0. The van der Waals surface area contributed by atoms with Crippen molar-refractivity contribution in [2.24, 2.45) is 11.8 Å². The number of para-hydroxylation sites is 2. The topological polar surface area (TPSA) is 85.7 Å². The van der Waals surface area contributed by atoms with Gasteiger partial charge in [0.05, 0.1) is 30.4 Å². The van der Waals surface area contributed by atoms with Crippen LogP contribution in [-0.2, 0) is 13.6 Å². The summed E-state index contributed by atoms with van der Waals surface area (Å²) in [6, 6.07) is 10.0. The van der Waals surface area contributed by atoms with Gasteiger partial charge in [0.2, 0.25) is 0 Å². The summed E-state index contributed by atoms with van der Waals surface area (Å²) in [5, 5.41) is 3.20. The van der Waals surface area contributed by atoms with Crippen LogP contribution in [0.15, 0.2) is 29.1 Å². The lowest BCUT2D eigenvalue weighted by Crippen LogP contribution is -2.58. The van der Waals surface area contributed by atoms with E-state index in [0.717, 1.165) is 41.8 Å². The maximum absolute atomic E-state index is 14.0. The quantitative estimate of drug-likeness (QED) is 0.322. The molecule has 1 aromatic carbocycles.